The second kappa shape index (κ2) is 7.85. The minimum Gasteiger partial charge on any atom is -0.306 e. The van der Waals surface area contributed by atoms with Crippen LogP contribution < -0.4 is 4.72 Å². The second-order valence-corrected chi connectivity index (χ2v) is 8.24. The Kier molecular flexibility index (Phi) is 5.76. The van der Waals surface area contributed by atoms with Gasteiger partial charge in [0.25, 0.3) is 0 Å². The highest BCUT2D eigenvalue weighted by atomic mass is 35.5. The molecule has 0 aliphatic carbocycles. The lowest BCUT2D eigenvalue weighted by molar-refractivity contribution is 0.172. The fourth-order valence-electron chi connectivity index (χ4n) is 3.09. The molecule has 2 heterocycles. The maximum Gasteiger partial charge on any atom is 0.227 e. The predicted molar refractivity (Wildman–Crippen MR) is 103 cm³/mol. The molecule has 0 aromatic heterocycles. The first-order valence-corrected chi connectivity index (χ1v) is 10.0. The highest BCUT2D eigenvalue weighted by Crippen LogP contribution is 2.34. The van der Waals surface area contributed by atoms with Crippen LogP contribution in [0.15, 0.2) is 39.3 Å². The number of nitrogens with zero attached hydrogens (tertiary/aromatic N) is 4. The van der Waals surface area contributed by atoms with Gasteiger partial charge < -0.3 is 4.90 Å². The lowest BCUT2D eigenvalue weighted by Gasteiger charge is -2.36. The third kappa shape index (κ3) is 4.40. The van der Waals surface area contributed by atoms with Crippen LogP contribution in [0.3, 0.4) is 0 Å². The molecule has 25 heavy (non-hydrogen) atoms. The Morgan fingerprint density at radius 3 is 2.88 bits per heavy atom. The highest BCUT2D eigenvalue weighted by molar-refractivity contribution is 7.83. The number of nitrogens with one attached hydrogen (secondary N) is 1. The Bertz CT molecular complexity index is 700. The van der Waals surface area contributed by atoms with E-state index in [1.807, 2.05) is 11.9 Å². The average Bonchev–Trinajstić information content (AvgIpc) is 3.01. The van der Waals surface area contributed by atoms with Crippen molar-refractivity contribution in [3.8, 4) is 0 Å². The Hall–Kier alpha value is -1.44. The summed E-state index contributed by atoms with van der Waals surface area (Å²) in [7, 11) is 0.717. The summed E-state index contributed by atoms with van der Waals surface area (Å²) in [6.07, 6.45) is 4.22. The smallest absolute Gasteiger partial charge is 0.227 e. The summed E-state index contributed by atoms with van der Waals surface area (Å²) in [5.74, 6) is 0.549. The molecule has 1 saturated heterocycles. The van der Waals surface area contributed by atoms with Crippen LogP contribution in [0.25, 0.3) is 0 Å². The molecule has 3 rings (SSSR count). The van der Waals surface area contributed by atoms with Gasteiger partial charge >= 0.3 is 0 Å². The van der Waals surface area contributed by atoms with Crippen LogP contribution in [0.5, 0.6) is 0 Å². The van der Waals surface area contributed by atoms with Crippen LogP contribution in [0, 0.1) is 5.41 Å². The number of hydrogen-bond donors (Lipinski definition) is 1. The molecule has 1 unspecified atom stereocenters. The number of rotatable bonds is 3. The first-order chi connectivity index (χ1) is 12.0. The van der Waals surface area contributed by atoms with Crippen molar-refractivity contribution in [2.24, 2.45) is 15.5 Å². The summed E-state index contributed by atoms with van der Waals surface area (Å²) >= 11 is 5.99. The Morgan fingerprint density at radius 2 is 2.20 bits per heavy atom. The molecule has 1 aromatic rings. The summed E-state index contributed by atoms with van der Waals surface area (Å²) in [5.41, 5.74) is 0.0975. The number of guanidine groups is 1. The molecule has 0 radical (unpaired) electrons. The van der Waals surface area contributed by atoms with Gasteiger partial charge in [-0.25, -0.2) is 9.22 Å². The number of piperidine rings is 1. The van der Waals surface area contributed by atoms with Crippen LogP contribution in [-0.4, -0.2) is 59.5 Å². The van der Waals surface area contributed by atoms with Crippen molar-refractivity contribution in [2.75, 3.05) is 33.2 Å². The van der Waals surface area contributed by atoms with Crippen LogP contribution in [0.1, 0.15) is 19.8 Å². The lowest BCUT2D eigenvalue weighted by Crippen LogP contribution is -2.45. The standard InChI is InChI=1S/C17H24ClN5OS/c1-3-19-16(21-25(24)15-6-4-5-14(18)11-15)23-13-17(12-20-23)7-9-22(2)10-8-17/h4-6,11-12H,3,7-10,13H2,1-2H3,(H,19,21). The van der Waals surface area contributed by atoms with E-state index >= 15 is 0 Å². The number of hydrogen-bond acceptors (Lipinski definition) is 4. The number of hydrazone groups is 1. The van der Waals surface area contributed by atoms with E-state index < -0.39 is 11.0 Å². The molecule has 0 saturated carbocycles. The van der Waals surface area contributed by atoms with E-state index in [0.717, 1.165) is 32.5 Å². The van der Waals surface area contributed by atoms with E-state index in [2.05, 4.69) is 33.0 Å². The molecular weight excluding hydrogens is 358 g/mol. The Labute approximate surface area is 156 Å². The van der Waals surface area contributed by atoms with Gasteiger partial charge in [0.15, 0.2) is 11.0 Å². The van der Waals surface area contributed by atoms with Gasteiger partial charge in [-0.05, 0) is 58.1 Å². The fraction of sp³-hybridized carbons (Fsp3) is 0.529. The number of likely N-dealkylation sites (tertiary alicyclic amines) is 1. The maximum absolute atomic E-state index is 12.6. The highest BCUT2D eigenvalue weighted by Gasteiger charge is 2.39. The molecule has 8 heteroatoms. The summed E-state index contributed by atoms with van der Waals surface area (Å²) in [4.78, 5) is 7.43. The van der Waals surface area contributed by atoms with Gasteiger partial charge in [0, 0.05) is 23.2 Å². The van der Waals surface area contributed by atoms with Crippen molar-refractivity contribution < 1.29 is 4.21 Å². The molecule has 1 spiro atoms. The van der Waals surface area contributed by atoms with Gasteiger partial charge in [0.2, 0.25) is 5.96 Å². The van der Waals surface area contributed by atoms with Gasteiger partial charge in [-0.2, -0.15) is 5.10 Å². The van der Waals surface area contributed by atoms with E-state index in [9.17, 15) is 4.21 Å². The van der Waals surface area contributed by atoms with Crippen molar-refractivity contribution in [3.63, 3.8) is 0 Å². The van der Waals surface area contributed by atoms with Crippen molar-refractivity contribution in [1.82, 2.24) is 14.6 Å². The minimum atomic E-state index is -1.43. The van der Waals surface area contributed by atoms with Crippen LogP contribution >= 0.6 is 11.6 Å². The predicted octanol–water partition coefficient (Wildman–Crippen LogP) is 2.34. The Balaban J connectivity index is 1.69. The summed E-state index contributed by atoms with van der Waals surface area (Å²) in [5, 5.41) is 6.96. The molecule has 1 N–H and O–H groups in total. The summed E-state index contributed by atoms with van der Waals surface area (Å²) in [6.45, 7) is 5.47. The van der Waals surface area contributed by atoms with E-state index in [4.69, 9.17) is 11.6 Å². The largest absolute Gasteiger partial charge is 0.306 e. The molecule has 2 aliphatic heterocycles. The van der Waals surface area contributed by atoms with Crippen LogP contribution in [0.4, 0.5) is 0 Å². The van der Waals surface area contributed by atoms with Gasteiger partial charge in [0.05, 0.1) is 11.4 Å². The molecule has 2 aliphatic rings. The molecule has 1 fully saturated rings. The maximum atomic E-state index is 12.6. The van der Waals surface area contributed by atoms with E-state index in [0.29, 0.717) is 22.4 Å². The van der Waals surface area contributed by atoms with Crippen molar-refractivity contribution in [3.05, 3.63) is 29.3 Å². The van der Waals surface area contributed by atoms with Crippen LogP contribution in [0.2, 0.25) is 5.02 Å². The fourth-order valence-corrected chi connectivity index (χ4v) is 4.24. The van der Waals surface area contributed by atoms with Crippen molar-refractivity contribution in [1.29, 1.82) is 0 Å². The molecule has 0 bridgehead atoms. The molecule has 1 aromatic carbocycles. The van der Waals surface area contributed by atoms with Crippen LogP contribution in [-0.2, 0) is 11.0 Å². The second-order valence-electron chi connectivity index (χ2n) is 6.59. The number of halogens is 1. The van der Waals surface area contributed by atoms with E-state index in [1.54, 1.807) is 24.3 Å². The average molecular weight is 382 g/mol. The van der Waals surface area contributed by atoms with Crippen molar-refractivity contribution >= 4 is 34.8 Å². The monoisotopic (exact) mass is 381 g/mol. The topological polar surface area (TPSA) is 60.3 Å². The SMILES string of the molecule is CCN=C(NS(=O)c1cccc(Cl)c1)N1CC2(C=N1)CCN(C)CC2. The van der Waals surface area contributed by atoms with E-state index in [-0.39, 0.29) is 5.41 Å². The third-order valence-electron chi connectivity index (χ3n) is 4.66. The lowest BCUT2D eigenvalue weighted by atomic mass is 9.80. The first kappa shape index (κ1) is 18.4. The summed E-state index contributed by atoms with van der Waals surface area (Å²) < 4.78 is 15.6. The Morgan fingerprint density at radius 1 is 1.44 bits per heavy atom. The molecular formula is C17H24ClN5OS. The van der Waals surface area contributed by atoms with Gasteiger partial charge in [-0.3, -0.25) is 9.71 Å². The normalized spacial score (nSPS) is 21.7. The molecule has 1 atom stereocenters. The van der Waals surface area contributed by atoms with Gasteiger partial charge in [-0.1, -0.05) is 17.7 Å². The minimum absolute atomic E-state index is 0.0975. The molecule has 136 valence electrons. The quantitative estimate of drug-likeness (QED) is 0.645. The van der Waals surface area contributed by atoms with Crippen molar-refractivity contribution in [2.45, 2.75) is 24.7 Å². The molecule has 6 nitrogen and oxygen atoms in total. The number of benzene rings is 1. The first-order valence-electron chi connectivity index (χ1n) is 8.51. The zero-order valence-electron chi connectivity index (χ0n) is 14.6. The third-order valence-corrected chi connectivity index (χ3v) is 5.95. The van der Waals surface area contributed by atoms with Gasteiger partial charge in [0.1, 0.15) is 0 Å². The number of aliphatic imine (C=N–C) groups is 1. The molecule has 0 amide bonds. The van der Waals surface area contributed by atoms with E-state index in [1.165, 1.54) is 0 Å². The summed E-state index contributed by atoms with van der Waals surface area (Å²) in [6, 6.07) is 7.03. The van der Waals surface area contributed by atoms with Gasteiger partial charge in [-0.15, -0.1) is 0 Å². The zero-order chi connectivity index (χ0) is 17.9. The zero-order valence-corrected chi connectivity index (χ0v) is 16.2.